The molecule has 0 aliphatic carbocycles. The lowest BCUT2D eigenvalue weighted by atomic mass is 10.0. The maximum Gasteiger partial charge on any atom is 0.410 e. The summed E-state index contributed by atoms with van der Waals surface area (Å²) in [5, 5.41) is 11.0. The zero-order chi connectivity index (χ0) is 20.9. The Kier molecular flexibility index (Phi) is 7.42. The third-order valence-corrected chi connectivity index (χ3v) is 10.3. The molecule has 1 fully saturated rings. The highest BCUT2D eigenvalue weighted by Gasteiger charge is 2.45. The predicted molar refractivity (Wildman–Crippen MR) is 113 cm³/mol. The molecule has 6 nitrogen and oxygen atoms in total. The van der Waals surface area contributed by atoms with E-state index < -0.39 is 20.5 Å². The van der Waals surface area contributed by atoms with Gasteiger partial charge in [0.15, 0.2) is 8.32 Å². The van der Waals surface area contributed by atoms with E-state index in [4.69, 9.17) is 9.16 Å². The second kappa shape index (κ2) is 9.20. The fourth-order valence-electron chi connectivity index (χ4n) is 3.19. The highest BCUT2D eigenvalue weighted by molar-refractivity contribution is 6.74. The maximum atomic E-state index is 12.6. The number of aliphatic hydroxyl groups excluding tert-OH is 1. The average molecular weight is 407 g/mol. The molecule has 7 heteroatoms. The smallest absolute Gasteiger partial charge is 0.410 e. The molecule has 2 heterocycles. The molecule has 0 radical (unpaired) electrons. The number of carbonyl (C=O) groups is 1. The quantitative estimate of drug-likeness (QED) is 0.551. The number of aromatic nitrogens is 1. The lowest BCUT2D eigenvalue weighted by Gasteiger charge is -2.38. The van der Waals surface area contributed by atoms with Crippen molar-refractivity contribution in [2.45, 2.75) is 70.0 Å². The van der Waals surface area contributed by atoms with Gasteiger partial charge in [-0.15, -0.1) is 0 Å². The summed E-state index contributed by atoms with van der Waals surface area (Å²) in [6, 6.07) is 3.41. The summed E-state index contributed by atoms with van der Waals surface area (Å²) in [5.41, 5.74) is 0.982. The van der Waals surface area contributed by atoms with Crippen LogP contribution in [0, 0.1) is 0 Å². The van der Waals surface area contributed by atoms with Crippen LogP contribution in [-0.4, -0.2) is 60.8 Å². The van der Waals surface area contributed by atoms with Crippen molar-refractivity contribution < 1.29 is 19.1 Å². The van der Waals surface area contributed by atoms with Gasteiger partial charge in [0.05, 0.1) is 18.2 Å². The molecule has 3 atom stereocenters. The van der Waals surface area contributed by atoms with Gasteiger partial charge in [-0.3, -0.25) is 9.88 Å². The summed E-state index contributed by atoms with van der Waals surface area (Å²) in [4.78, 5) is 18.2. The van der Waals surface area contributed by atoms with Crippen molar-refractivity contribution in [1.29, 1.82) is 0 Å². The minimum atomic E-state index is -1.98. The molecule has 1 aliphatic heterocycles. The third kappa shape index (κ3) is 5.65. The lowest BCUT2D eigenvalue weighted by molar-refractivity contribution is 0.0556. The van der Waals surface area contributed by atoms with E-state index in [1.165, 1.54) is 0 Å². The number of hydrogen-bond acceptors (Lipinski definition) is 5. The number of pyridine rings is 1. The van der Waals surface area contributed by atoms with Gasteiger partial charge in [0.2, 0.25) is 0 Å². The molecule has 28 heavy (non-hydrogen) atoms. The Labute approximate surface area is 169 Å². The van der Waals surface area contributed by atoms with Gasteiger partial charge in [-0.05, 0) is 42.2 Å². The van der Waals surface area contributed by atoms with Crippen LogP contribution in [0.3, 0.4) is 0 Å². The minimum absolute atomic E-state index is 0.0783. The number of rotatable bonds is 7. The molecule has 156 valence electrons. The average Bonchev–Trinajstić information content (AvgIpc) is 3.03. The number of carbonyl (C=O) groups excluding carboxylic acids is 1. The number of ether oxygens (including phenoxy) is 1. The van der Waals surface area contributed by atoms with Crippen molar-refractivity contribution in [1.82, 2.24) is 9.88 Å². The first kappa shape index (κ1) is 22.6. The van der Waals surface area contributed by atoms with E-state index in [9.17, 15) is 9.90 Å². The van der Waals surface area contributed by atoms with E-state index in [-0.39, 0.29) is 23.8 Å². The van der Waals surface area contributed by atoms with Crippen molar-refractivity contribution in [3.05, 3.63) is 42.7 Å². The van der Waals surface area contributed by atoms with Gasteiger partial charge in [0.25, 0.3) is 0 Å². The molecular formula is C21H34N2O4Si. The van der Waals surface area contributed by atoms with Gasteiger partial charge in [0.1, 0.15) is 6.61 Å². The normalized spacial score (nSPS) is 21.4. The van der Waals surface area contributed by atoms with Crippen LogP contribution in [0.1, 0.15) is 32.8 Å². The van der Waals surface area contributed by atoms with Crippen LogP contribution in [0.25, 0.3) is 0 Å². The number of likely N-dealkylation sites (tertiary alicyclic amines) is 1. The van der Waals surface area contributed by atoms with Crippen LogP contribution in [0.2, 0.25) is 18.1 Å². The fourth-order valence-corrected chi connectivity index (χ4v) is 4.55. The third-order valence-electron chi connectivity index (χ3n) is 5.77. The number of nitrogens with zero attached hydrogens (tertiary/aromatic N) is 2. The molecule has 1 unspecified atom stereocenters. The number of amides is 1. The van der Waals surface area contributed by atoms with E-state index in [1.54, 1.807) is 23.4 Å². The monoisotopic (exact) mass is 406 g/mol. The van der Waals surface area contributed by atoms with E-state index in [2.05, 4.69) is 45.4 Å². The predicted octanol–water partition coefficient (Wildman–Crippen LogP) is 3.77. The number of aliphatic hydroxyl groups is 1. The summed E-state index contributed by atoms with van der Waals surface area (Å²) in [6.45, 7) is 15.2. The minimum Gasteiger partial charge on any atom is -0.445 e. The molecule has 0 saturated carbocycles. The van der Waals surface area contributed by atoms with E-state index in [0.29, 0.717) is 19.4 Å². The molecule has 0 spiro atoms. The standard InChI is InChI=1S/C21H34N2O4Si/c1-7-12-26-20(25)23-15-17(27-28(5,6)21(2,3)4)14-18(23)19(24)13-16-8-10-22-11-9-16/h7-11,17-19,24H,1,12-15H2,2-6H3/t17-,18+,19?/m1/s1. The van der Waals surface area contributed by atoms with Gasteiger partial charge in [-0.1, -0.05) is 33.4 Å². The molecule has 1 aromatic rings. The Bertz CT molecular complexity index is 660. The van der Waals surface area contributed by atoms with Crippen LogP contribution in [-0.2, 0) is 15.6 Å². The largest absolute Gasteiger partial charge is 0.445 e. The zero-order valence-electron chi connectivity index (χ0n) is 17.7. The molecule has 0 aromatic carbocycles. The highest BCUT2D eigenvalue weighted by atomic mass is 28.4. The highest BCUT2D eigenvalue weighted by Crippen LogP contribution is 2.39. The molecule has 0 bridgehead atoms. The van der Waals surface area contributed by atoms with Crippen LogP contribution >= 0.6 is 0 Å². The van der Waals surface area contributed by atoms with Crippen LogP contribution in [0.4, 0.5) is 4.79 Å². The molecular weight excluding hydrogens is 372 g/mol. The first-order valence-corrected chi connectivity index (χ1v) is 12.7. The van der Waals surface area contributed by atoms with E-state index >= 15 is 0 Å². The summed E-state index contributed by atoms with van der Waals surface area (Å²) in [5.74, 6) is 0. The summed E-state index contributed by atoms with van der Waals surface area (Å²) < 4.78 is 11.8. The summed E-state index contributed by atoms with van der Waals surface area (Å²) >= 11 is 0. The Balaban J connectivity index is 2.14. The van der Waals surface area contributed by atoms with Crippen LogP contribution in [0.5, 0.6) is 0 Å². The second-order valence-corrected chi connectivity index (χ2v) is 13.7. The fraction of sp³-hybridized carbons (Fsp3) is 0.619. The SMILES string of the molecule is C=CCOC(=O)N1C[C@H](O[Si](C)(C)C(C)(C)C)C[C@H]1C(O)Cc1ccncc1. The molecule has 1 aromatic heterocycles. The molecule has 2 rings (SSSR count). The molecule has 1 N–H and O–H groups in total. The maximum absolute atomic E-state index is 12.6. The van der Waals surface area contributed by atoms with E-state index in [1.807, 2.05) is 12.1 Å². The van der Waals surface area contributed by atoms with Crippen LogP contribution in [0.15, 0.2) is 37.2 Å². The van der Waals surface area contributed by atoms with Crippen LogP contribution < -0.4 is 0 Å². The second-order valence-electron chi connectivity index (χ2n) is 8.95. The van der Waals surface area contributed by atoms with Gasteiger partial charge in [-0.25, -0.2) is 4.79 Å². The van der Waals surface area contributed by atoms with Gasteiger partial charge >= 0.3 is 6.09 Å². The van der Waals surface area contributed by atoms with Crippen molar-refractivity contribution >= 4 is 14.4 Å². The molecule has 1 aliphatic rings. The topological polar surface area (TPSA) is 71.9 Å². The Hall–Kier alpha value is -1.70. The Morgan fingerprint density at radius 1 is 1.43 bits per heavy atom. The first-order chi connectivity index (χ1) is 13.0. The van der Waals surface area contributed by atoms with Crippen molar-refractivity contribution in [3.8, 4) is 0 Å². The lowest BCUT2D eigenvalue weighted by Crippen LogP contribution is -2.45. The van der Waals surface area contributed by atoms with Gasteiger partial charge < -0.3 is 14.3 Å². The molecule has 1 amide bonds. The summed E-state index contributed by atoms with van der Waals surface area (Å²) in [7, 11) is -1.98. The summed E-state index contributed by atoms with van der Waals surface area (Å²) in [6.07, 6.45) is 4.76. The van der Waals surface area contributed by atoms with Crippen molar-refractivity contribution in [3.63, 3.8) is 0 Å². The van der Waals surface area contributed by atoms with Crippen molar-refractivity contribution in [2.75, 3.05) is 13.2 Å². The molecule has 1 saturated heterocycles. The van der Waals surface area contributed by atoms with E-state index in [0.717, 1.165) is 5.56 Å². The van der Waals surface area contributed by atoms with Gasteiger partial charge in [0, 0.05) is 25.4 Å². The first-order valence-electron chi connectivity index (χ1n) is 9.84. The number of hydrogen-bond donors (Lipinski definition) is 1. The zero-order valence-corrected chi connectivity index (χ0v) is 18.7. The Morgan fingerprint density at radius 3 is 2.64 bits per heavy atom. The van der Waals surface area contributed by atoms with Gasteiger partial charge in [-0.2, -0.15) is 0 Å². The van der Waals surface area contributed by atoms with Crippen molar-refractivity contribution in [2.24, 2.45) is 0 Å². The Morgan fingerprint density at radius 2 is 2.07 bits per heavy atom.